The molecule has 3 heterocycles. The third-order valence-corrected chi connectivity index (χ3v) is 5.98. The molecule has 2 N–H and O–H groups in total. The Bertz CT molecular complexity index is 1530. The monoisotopic (exact) mass is 454 g/mol. The number of benzene rings is 2. The number of fused-ring (bicyclic) bond motifs is 1. The van der Waals surface area contributed by atoms with Gasteiger partial charge in [-0.05, 0) is 30.0 Å². The number of hydrogen-bond acceptors (Lipinski definition) is 4. The summed E-state index contributed by atoms with van der Waals surface area (Å²) in [7, 11) is 0. The van der Waals surface area contributed by atoms with Crippen molar-refractivity contribution >= 4 is 11.2 Å². The normalized spacial score (nSPS) is 11.3. The molecular formula is C26H26N6O2. The van der Waals surface area contributed by atoms with Crippen LogP contribution in [0.3, 0.4) is 0 Å². The van der Waals surface area contributed by atoms with Gasteiger partial charge in [0.25, 0.3) is 5.56 Å². The SMILES string of the molecule is CCCn1c(=O)c2[nH]c(Cc3ccccc3-c3cc[nH]n3)nc2n(CCc2ccccc2)c1=O. The second-order valence-corrected chi connectivity index (χ2v) is 8.30. The summed E-state index contributed by atoms with van der Waals surface area (Å²) in [6.45, 7) is 2.77. The molecule has 0 spiro atoms. The van der Waals surface area contributed by atoms with Gasteiger partial charge in [0, 0.05) is 31.3 Å². The van der Waals surface area contributed by atoms with Crippen molar-refractivity contribution < 1.29 is 0 Å². The molecule has 8 nitrogen and oxygen atoms in total. The molecule has 0 saturated heterocycles. The third kappa shape index (κ3) is 4.10. The van der Waals surface area contributed by atoms with Gasteiger partial charge in [-0.1, -0.05) is 61.5 Å². The zero-order valence-electron chi connectivity index (χ0n) is 19.0. The van der Waals surface area contributed by atoms with Crippen LogP contribution in [0.2, 0.25) is 0 Å². The summed E-state index contributed by atoms with van der Waals surface area (Å²) < 4.78 is 2.94. The van der Waals surface area contributed by atoms with Crippen molar-refractivity contribution in [1.82, 2.24) is 29.3 Å². The molecule has 2 aromatic carbocycles. The number of H-pyrrole nitrogens is 2. The van der Waals surface area contributed by atoms with E-state index in [0.717, 1.165) is 22.4 Å². The minimum atomic E-state index is -0.322. The van der Waals surface area contributed by atoms with E-state index in [-0.39, 0.29) is 11.2 Å². The number of nitrogens with one attached hydrogen (secondary N) is 2. The second-order valence-electron chi connectivity index (χ2n) is 8.30. The maximum absolute atomic E-state index is 13.3. The summed E-state index contributed by atoms with van der Waals surface area (Å²) >= 11 is 0. The van der Waals surface area contributed by atoms with E-state index in [1.54, 1.807) is 10.8 Å². The number of nitrogens with zero attached hydrogens (tertiary/aromatic N) is 4. The van der Waals surface area contributed by atoms with Crippen LogP contribution in [0.25, 0.3) is 22.4 Å². The predicted molar refractivity (Wildman–Crippen MR) is 132 cm³/mol. The van der Waals surface area contributed by atoms with Crippen LogP contribution < -0.4 is 11.2 Å². The average Bonchev–Trinajstić information content (AvgIpc) is 3.54. The highest BCUT2D eigenvalue weighted by molar-refractivity contribution is 5.70. The van der Waals surface area contributed by atoms with Gasteiger partial charge in [0.15, 0.2) is 5.65 Å². The molecular weight excluding hydrogens is 428 g/mol. The first kappa shape index (κ1) is 21.6. The second kappa shape index (κ2) is 9.35. The first-order valence-corrected chi connectivity index (χ1v) is 11.5. The van der Waals surface area contributed by atoms with Crippen LogP contribution in [0.1, 0.15) is 30.3 Å². The Morgan fingerprint density at radius 2 is 1.71 bits per heavy atom. The highest BCUT2D eigenvalue weighted by Gasteiger charge is 2.18. The van der Waals surface area contributed by atoms with Crippen molar-refractivity contribution in [3.63, 3.8) is 0 Å². The Hall–Kier alpha value is -4.20. The van der Waals surface area contributed by atoms with E-state index in [1.807, 2.05) is 67.6 Å². The van der Waals surface area contributed by atoms with Gasteiger partial charge in [-0.15, -0.1) is 0 Å². The summed E-state index contributed by atoms with van der Waals surface area (Å²) in [5.74, 6) is 0.636. The fourth-order valence-electron chi connectivity index (χ4n) is 4.32. The van der Waals surface area contributed by atoms with Crippen LogP contribution in [0, 0.1) is 0 Å². The zero-order chi connectivity index (χ0) is 23.5. The lowest BCUT2D eigenvalue weighted by molar-refractivity contribution is 0.559. The lowest BCUT2D eigenvalue weighted by atomic mass is 10.0. The number of aromatic amines is 2. The standard InChI is InChI=1S/C26H26N6O2/c1-2-15-32-25(33)23-24(31(26(32)34)16-13-18-8-4-3-5-9-18)29-22(28-23)17-19-10-6-7-11-20(19)21-12-14-27-30-21/h3-12,14H,2,13,15-17H2,1H3,(H,27,30)(H,28,29). The molecule has 0 amide bonds. The van der Waals surface area contributed by atoms with Gasteiger partial charge in [-0.2, -0.15) is 5.10 Å². The first-order valence-electron chi connectivity index (χ1n) is 11.5. The molecule has 0 atom stereocenters. The third-order valence-electron chi connectivity index (χ3n) is 5.98. The largest absolute Gasteiger partial charge is 0.336 e. The van der Waals surface area contributed by atoms with Crippen LogP contribution in [0.4, 0.5) is 0 Å². The smallest absolute Gasteiger partial charge is 0.332 e. The molecule has 5 rings (SSSR count). The molecule has 0 unspecified atom stereocenters. The fraction of sp³-hybridized carbons (Fsp3) is 0.231. The van der Waals surface area contributed by atoms with E-state index in [9.17, 15) is 9.59 Å². The molecule has 5 aromatic rings. The number of imidazole rings is 1. The van der Waals surface area contributed by atoms with Crippen molar-refractivity contribution in [2.75, 3.05) is 0 Å². The maximum atomic E-state index is 13.3. The van der Waals surface area contributed by atoms with E-state index >= 15 is 0 Å². The summed E-state index contributed by atoms with van der Waals surface area (Å²) in [4.78, 5) is 34.4. The average molecular weight is 455 g/mol. The molecule has 0 aliphatic carbocycles. The summed E-state index contributed by atoms with van der Waals surface area (Å²) in [5.41, 5.74) is 4.13. The lowest BCUT2D eigenvalue weighted by Gasteiger charge is -2.10. The molecule has 0 aliphatic rings. The number of aromatic nitrogens is 6. The molecule has 0 aliphatic heterocycles. The highest BCUT2D eigenvalue weighted by Crippen LogP contribution is 2.23. The Balaban J connectivity index is 1.58. The Morgan fingerprint density at radius 3 is 2.47 bits per heavy atom. The van der Waals surface area contributed by atoms with Gasteiger partial charge in [0.05, 0.1) is 5.69 Å². The van der Waals surface area contributed by atoms with Gasteiger partial charge in [-0.3, -0.25) is 19.0 Å². The van der Waals surface area contributed by atoms with Crippen molar-refractivity contribution in [2.45, 2.75) is 39.3 Å². The topological polar surface area (TPSA) is 101 Å². The van der Waals surface area contributed by atoms with Gasteiger partial charge in [0.2, 0.25) is 0 Å². The zero-order valence-corrected chi connectivity index (χ0v) is 19.0. The molecule has 34 heavy (non-hydrogen) atoms. The van der Waals surface area contributed by atoms with Crippen LogP contribution in [-0.2, 0) is 25.9 Å². The van der Waals surface area contributed by atoms with Crippen LogP contribution >= 0.6 is 0 Å². The molecule has 0 fully saturated rings. The van der Waals surface area contributed by atoms with Crippen molar-refractivity contribution in [2.24, 2.45) is 0 Å². The first-order chi connectivity index (χ1) is 16.7. The molecule has 0 radical (unpaired) electrons. The number of aryl methyl sites for hydroxylation is 2. The molecule has 8 heteroatoms. The molecule has 172 valence electrons. The van der Waals surface area contributed by atoms with E-state index in [2.05, 4.69) is 15.2 Å². The molecule has 0 saturated carbocycles. The quantitative estimate of drug-likeness (QED) is 0.375. The van der Waals surface area contributed by atoms with Crippen molar-refractivity contribution in [1.29, 1.82) is 0 Å². The Morgan fingerprint density at radius 1 is 0.912 bits per heavy atom. The summed E-state index contributed by atoms with van der Waals surface area (Å²) in [5, 5.41) is 7.15. The van der Waals surface area contributed by atoms with Crippen LogP contribution in [0.15, 0.2) is 76.4 Å². The minimum absolute atomic E-state index is 0.315. The minimum Gasteiger partial charge on any atom is -0.336 e. The van der Waals surface area contributed by atoms with Crippen LogP contribution in [-0.4, -0.2) is 29.3 Å². The van der Waals surface area contributed by atoms with Crippen LogP contribution in [0.5, 0.6) is 0 Å². The van der Waals surface area contributed by atoms with Gasteiger partial charge < -0.3 is 4.98 Å². The van der Waals surface area contributed by atoms with Gasteiger partial charge >= 0.3 is 5.69 Å². The fourth-order valence-corrected chi connectivity index (χ4v) is 4.32. The van der Waals surface area contributed by atoms with Gasteiger partial charge in [0.1, 0.15) is 11.3 Å². The van der Waals surface area contributed by atoms with Crippen molar-refractivity contribution in [3.8, 4) is 11.3 Å². The Kier molecular flexibility index (Phi) is 5.95. The summed E-state index contributed by atoms with van der Waals surface area (Å²) in [6.07, 6.45) is 3.63. The van der Waals surface area contributed by atoms with Crippen molar-refractivity contribution in [3.05, 3.63) is 105 Å². The van der Waals surface area contributed by atoms with E-state index in [1.165, 1.54) is 4.57 Å². The highest BCUT2D eigenvalue weighted by atomic mass is 16.2. The Labute approximate surface area is 195 Å². The van der Waals surface area contributed by atoms with E-state index in [4.69, 9.17) is 4.98 Å². The molecule has 0 bridgehead atoms. The van der Waals surface area contributed by atoms with E-state index < -0.39 is 0 Å². The maximum Gasteiger partial charge on any atom is 0.332 e. The number of hydrogen-bond donors (Lipinski definition) is 2. The predicted octanol–water partition coefficient (Wildman–Crippen LogP) is 3.52. The summed E-state index contributed by atoms with van der Waals surface area (Å²) in [6, 6.07) is 19.9. The lowest BCUT2D eigenvalue weighted by Crippen LogP contribution is -2.40. The van der Waals surface area contributed by atoms with E-state index in [0.29, 0.717) is 49.3 Å². The van der Waals surface area contributed by atoms with Gasteiger partial charge in [-0.25, -0.2) is 9.78 Å². The molecule has 3 aromatic heterocycles. The number of rotatable bonds is 8.